The average molecular weight is 400 g/mol. The van der Waals surface area contributed by atoms with Crippen molar-refractivity contribution in [2.45, 2.75) is 44.3 Å². The van der Waals surface area contributed by atoms with E-state index in [0.29, 0.717) is 12.1 Å². The fraction of sp³-hybridized carbons (Fsp3) is 0.318. The molecule has 4 rings (SSSR count). The van der Waals surface area contributed by atoms with E-state index in [0.717, 1.165) is 46.0 Å². The van der Waals surface area contributed by atoms with Crippen molar-refractivity contribution in [3.8, 4) is 0 Å². The number of anilines is 1. The van der Waals surface area contributed by atoms with Crippen LogP contribution in [0.3, 0.4) is 0 Å². The Balaban J connectivity index is 1.32. The summed E-state index contributed by atoms with van der Waals surface area (Å²) in [7, 11) is 0. The van der Waals surface area contributed by atoms with Crippen LogP contribution in [0, 0.1) is 0 Å². The Morgan fingerprint density at radius 1 is 0.889 bits per heavy atom. The lowest BCUT2D eigenvalue weighted by Gasteiger charge is -2.30. The molecule has 1 fully saturated rings. The van der Waals surface area contributed by atoms with Gasteiger partial charge >= 0.3 is 0 Å². The molecule has 140 valence electrons. The van der Waals surface area contributed by atoms with Crippen molar-refractivity contribution in [3.63, 3.8) is 0 Å². The van der Waals surface area contributed by atoms with Gasteiger partial charge in [0, 0.05) is 45.9 Å². The molecule has 1 heterocycles. The standard InChI is InChI=1S/C22H23Cl2N3/c23-16-3-1-2-15(12-16)14-26-18-5-7-19(8-6-18)27-21-10-11-25-22-13-17(24)4-9-20(21)22/h1-4,9-13,18-19,26H,5-8,14H2,(H,25,27)/t18-,19+. The van der Waals surface area contributed by atoms with Crippen molar-refractivity contribution in [2.24, 2.45) is 0 Å². The summed E-state index contributed by atoms with van der Waals surface area (Å²) in [6.45, 7) is 0.874. The topological polar surface area (TPSA) is 37.0 Å². The molecule has 1 aliphatic rings. The van der Waals surface area contributed by atoms with Crippen LogP contribution in [-0.4, -0.2) is 17.1 Å². The van der Waals surface area contributed by atoms with Gasteiger partial charge in [-0.25, -0.2) is 0 Å². The Labute approximate surface area is 170 Å². The van der Waals surface area contributed by atoms with E-state index in [1.54, 1.807) is 0 Å². The lowest BCUT2D eigenvalue weighted by molar-refractivity contribution is 0.353. The molecule has 0 unspecified atom stereocenters. The minimum atomic E-state index is 0.496. The minimum Gasteiger partial charge on any atom is -0.382 e. The second-order valence-corrected chi connectivity index (χ2v) is 8.10. The Hall–Kier alpha value is -1.81. The van der Waals surface area contributed by atoms with Crippen molar-refractivity contribution in [2.75, 3.05) is 5.32 Å². The molecule has 1 aromatic heterocycles. The van der Waals surface area contributed by atoms with Gasteiger partial charge in [0.15, 0.2) is 0 Å². The van der Waals surface area contributed by atoms with Crippen LogP contribution < -0.4 is 10.6 Å². The molecule has 0 atom stereocenters. The lowest BCUT2D eigenvalue weighted by atomic mass is 9.90. The summed E-state index contributed by atoms with van der Waals surface area (Å²) in [5.74, 6) is 0. The number of nitrogens with one attached hydrogen (secondary N) is 2. The summed E-state index contributed by atoms with van der Waals surface area (Å²) in [5.41, 5.74) is 3.32. The van der Waals surface area contributed by atoms with Gasteiger partial charge in [0.25, 0.3) is 0 Å². The Bertz CT molecular complexity index is 920. The summed E-state index contributed by atoms with van der Waals surface area (Å²) in [4.78, 5) is 4.42. The van der Waals surface area contributed by atoms with E-state index in [-0.39, 0.29) is 0 Å². The largest absolute Gasteiger partial charge is 0.382 e. The predicted molar refractivity (Wildman–Crippen MR) is 115 cm³/mol. The van der Waals surface area contributed by atoms with E-state index in [1.165, 1.54) is 18.4 Å². The van der Waals surface area contributed by atoms with Crippen LogP contribution in [0.2, 0.25) is 10.0 Å². The first kappa shape index (κ1) is 18.5. The maximum atomic E-state index is 6.09. The first-order chi connectivity index (χ1) is 13.2. The summed E-state index contributed by atoms with van der Waals surface area (Å²) in [6, 6.07) is 17.1. The summed E-state index contributed by atoms with van der Waals surface area (Å²) < 4.78 is 0. The zero-order chi connectivity index (χ0) is 18.6. The third-order valence-electron chi connectivity index (χ3n) is 5.28. The summed E-state index contributed by atoms with van der Waals surface area (Å²) in [6.07, 6.45) is 6.51. The van der Waals surface area contributed by atoms with Crippen molar-refractivity contribution in [1.29, 1.82) is 0 Å². The van der Waals surface area contributed by atoms with E-state index >= 15 is 0 Å². The molecule has 27 heavy (non-hydrogen) atoms. The predicted octanol–water partition coefficient (Wildman–Crippen LogP) is 6.05. The fourth-order valence-electron chi connectivity index (χ4n) is 3.82. The number of pyridine rings is 1. The molecule has 1 aliphatic carbocycles. The Morgan fingerprint density at radius 3 is 2.48 bits per heavy atom. The van der Waals surface area contributed by atoms with Gasteiger partial charge in [-0.15, -0.1) is 0 Å². The number of benzene rings is 2. The number of rotatable bonds is 5. The number of hydrogen-bond donors (Lipinski definition) is 2. The lowest BCUT2D eigenvalue weighted by Crippen LogP contribution is -2.36. The normalized spacial score (nSPS) is 19.9. The highest BCUT2D eigenvalue weighted by Gasteiger charge is 2.21. The molecular formula is C22H23Cl2N3. The molecule has 0 saturated heterocycles. The summed E-state index contributed by atoms with van der Waals surface area (Å²) >= 11 is 12.2. The van der Waals surface area contributed by atoms with Gasteiger partial charge in [-0.3, -0.25) is 4.98 Å². The maximum absolute atomic E-state index is 6.09. The van der Waals surface area contributed by atoms with Gasteiger partial charge in [-0.05, 0) is 67.6 Å². The second kappa shape index (κ2) is 8.47. The molecule has 3 nitrogen and oxygen atoms in total. The van der Waals surface area contributed by atoms with Gasteiger partial charge in [-0.2, -0.15) is 0 Å². The number of aromatic nitrogens is 1. The van der Waals surface area contributed by atoms with E-state index < -0.39 is 0 Å². The van der Waals surface area contributed by atoms with Crippen LogP contribution in [-0.2, 0) is 6.54 Å². The fourth-order valence-corrected chi connectivity index (χ4v) is 4.20. The Morgan fingerprint density at radius 2 is 1.67 bits per heavy atom. The van der Waals surface area contributed by atoms with Crippen LogP contribution in [0.1, 0.15) is 31.2 Å². The highest BCUT2D eigenvalue weighted by Crippen LogP contribution is 2.28. The monoisotopic (exact) mass is 399 g/mol. The zero-order valence-corrected chi connectivity index (χ0v) is 16.6. The molecule has 0 aliphatic heterocycles. The summed E-state index contributed by atoms with van der Waals surface area (Å²) in [5, 5.41) is 10.0. The number of hydrogen-bond acceptors (Lipinski definition) is 3. The SMILES string of the molecule is Clc1cccc(CN[C@H]2CC[C@@H](Nc3ccnc4cc(Cl)ccc34)CC2)c1. The van der Waals surface area contributed by atoms with Crippen LogP contribution in [0.25, 0.3) is 10.9 Å². The maximum Gasteiger partial charge on any atom is 0.0737 e. The third-order valence-corrected chi connectivity index (χ3v) is 5.75. The van der Waals surface area contributed by atoms with E-state index in [9.17, 15) is 0 Å². The van der Waals surface area contributed by atoms with Gasteiger partial charge in [0.1, 0.15) is 0 Å². The quantitative estimate of drug-likeness (QED) is 0.547. The highest BCUT2D eigenvalue weighted by atomic mass is 35.5. The minimum absolute atomic E-state index is 0.496. The molecule has 3 aromatic rings. The van der Waals surface area contributed by atoms with Gasteiger partial charge in [0.05, 0.1) is 5.52 Å². The highest BCUT2D eigenvalue weighted by molar-refractivity contribution is 6.31. The molecule has 2 N–H and O–H groups in total. The molecular weight excluding hydrogens is 377 g/mol. The second-order valence-electron chi connectivity index (χ2n) is 7.22. The number of halogens is 2. The van der Waals surface area contributed by atoms with Crippen LogP contribution >= 0.6 is 23.2 Å². The molecule has 0 amide bonds. The zero-order valence-electron chi connectivity index (χ0n) is 15.1. The molecule has 1 saturated carbocycles. The van der Waals surface area contributed by atoms with E-state index in [4.69, 9.17) is 23.2 Å². The van der Waals surface area contributed by atoms with Crippen LogP contribution in [0.15, 0.2) is 54.7 Å². The van der Waals surface area contributed by atoms with Gasteiger partial charge in [-0.1, -0.05) is 35.3 Å². The number of nitrogens with zero attached hydrogens (tertiary/aromatic N) is 1. The number of fused-ring (bicyclic) bond motifs is 1. The molecule has 0 spiro atoms. The van der Waals surface area contributed by atoms with E-state index in [1.807, 2.05) is 42.6 Å². The van der Waals surface area contributed by atoms with Gasteiger partial charge < -0.3 is 10.6 Å². The smallest absolute Gasteiger partial charge is 0.0737 e. The first-order valence-corrected chi connectivity index (χ1v) is 10.2. The van der Waals surface area contributed by atoms with Crippen molar-refractivity contribution < 1.29 is 0 Å². The molecule has 0 radical (unpaired) electrons. The Kier molecular flexibility index (Phi) is 5.82. The van der Waals surface area contributed by atoms with E-state index in [2.05, 4.69) is 27.8 Å². The van der Waals surface area contributed by atoms with Crippen molar-refractivity contribution in [1.82, 2.24) is 10.3 Å². The third kappa shape index (κ3) is 4.73. The average Bonchev–Trinajstić information content (AvgIpc) is 2.67. The van der Waals surface area contributed by atoms with Crippen LogP contribution in [0.4, 0.5) is 5.69 Å². The van der Waals surface area contributed by atoms with Crippen molar-refractivity contribution >= 4 is 39.8 Å². The first-order valence-electron chi connectivity index (χ1n) is 9.46. The van der Waals surface area contributed by atoms with Crippen LogP contribution in [0.5, 0.6) is 0 Å². The molecule has 2 aromatic carbocycles. The van der Waals surface area contributed by atoms with Crippen molar-refractivity contribution in [3.05, 3.63) is 70.3 Å². The molecule has 0 bridgehead atoms. The van der Waals surface area contributed by atoms with Gasteiger partial charge in [0.2, 0.25) is 0 Å². The molecule has 5 heteroatoms.